The number of likely N-dealkylation sites (N-methyl/N-ethyl adjacent to an activating group) is 2. The Kier molecular flexibility index (Phi) is 5.15. The first kappa shape index (κ1) is 15.0. The van der Waals surface area contributed by atoms with Crippen molar-refractivity contribution >= 4 is 5.69 Å². The lowest BCUT2D eigenvalue weighted by atomic mass is 9.86. The van der Waals surface area contributed by atoms with Gasteiger partial charge in [0.1, 0.15) is 5.82 Å². The van der Waals surface area contributed by atoms with Crippen molar-refractivity contribution in [3.8, 4) is 0 Å². The fourth-order valence-electron chi connectivity index (χ4n) is 1.98. The second-order valence-corrected chi connectivity index (χ2v) is 5.84. The van der Waals surface area contributed by atoms with E-state index in [9.17, 15) is 4.39 Å². The minimum absolute atomic E-state index is 0.178. The van der Waals surface area contributed by atoms with Crippen LogP contribution >= 0.6 is 0 Å². The fraction of sp³-hybridized carbons (Fsp3) is 0.600. The maximum absolute atomic E-state index is 13.2. The van der Waals surface area contributed by atoms with Crippen molar-refractivity contribution in [1.29, 1.82) is 0 Å². The van der Waals surface area contributed by atoms with Crippen molar-refractivity contribution in [3.05, 3.63) is 30.1 Å². The molecule has 0 aromatic heterocycles. The van der Waals surface area contributed by atoms with Gasteiger partial charge in [0, 0.05) is 25.3 Å². The molecule has 0 amide bonds. The summed E-state index contributed by atoms with van der Waals surface area (Å²) in [5.74, 6) is -0.185. The highest BCUT2D eigenvalue weighted by molar-refractivity contribution is 5.45. The summed E-state index contributed by atoms with van der Waals surface area (Å²) in [7, 11) is 2.00. The Bertz CT molecular complexity index is 371. The first-order valence-electron chi connectivity index (χ1n) is 6.54. The summed E-state index contributed by atoms with van der Waals surface area (Å²) in [4.78, 5) is 2.10. The predicted molar refractivity (Wildman–Crippen MR) is 76.6 cm³/mol. The van der Waals surface area contributed by atoms with E-state index < -0.39 is 0 Å². The number of nitrogens with one attached hydrogen (secondary N) is 1. The van der Waals surface area contributed by atoms with Gasteiger partial charge in [-0.2, -0.15) is 0 Å². The molecule has 2 nitrogen and oxygen atoms in total. The van der Waals surface area contributed by atoms with Gasteiger partial charge in [0.25, 0.3) is 0 Å². The van der Waals surface area contributed by atoms with Crippen molar-refractivity contribution in [3.63, 3.8) is 0 Å². The normalized spacial score (nSPS) is 13.4. The van der Waals surface area contributed by atoms with Gasteiger partial charge in [-0.05, 0) is 30.2 Å². The third kappa shape index (κ3) is 4.30. The van der Waals surface area contributed by atoms with Gasteiger partial charge in [-0.25, -0.2) is 4.39 Å². The number of nitrogens with zero attached hydrogens (tertiary/aromatic N) is 1. The Balaban J connectivity index is 2.75. The van der Waals surface area contributed by atoms with Crippen LogP contribution in [-0.2, 0) is 0 Å². The summed E-state index contributed by atoms with van der Waals surface area (Å²) in [5, 5.41) is 3.50. The molecule has 0 aliphatic heterocycles. The summed E-state index contributed by atoms with van der Waals surface area (Å²) in [6.07, 6.45) is 0. The van der Waals surface area contributed by atoms with Crippen molar-refractivity contribution in [1.82, 2.24) is 5.32 Å². The van der Waals surface area contributed by atoms with Crippen molar-refractivity contribution < 1.29 is 4.39 Å². The van der Waals surface area contributed by atoms with Gasteiger partial charge in [-0.3, -0.25) is 0 Å². The second kappa shape index (κ2) is 6.19. The van der Waals surface area contributed by atoms with E-state index in [1.54, 1.807) is 12.1 Å². The maximum Gasteiger partial charge on any atom is 0.125 e. The topological polar surface area (TPSA) is 15.3 Å². The van der Waals surface area contributed by atoms with Crippen molar-refractivity contribution in [2.75, 3.05) is 25.0 Å². The lowest BCUT2D eigenvalue weighted by Gasteiger charge is -2.35. The molecule has 0 fully saturated rings. The Morgan fingerprint density at radius 1 is 1.33 bits per heavy atom. The van der Waals surface area contributed by atoms with Crippen LogP contribution in [0.3, 0.4) is 0 Å². The molecule has 1 unspecified atom stereocenters. The van der Waals surface area contributed by atoms with Crippen LogP contribution in [0.4, 0.5) is 10.1 Å². The molecular formula is C15H25FN2. The summed E-state index contributed by atoms with van der Waals surface area (Å²) in [6, 6.07) is 7.11. The zero-order valence-corrected chi connectivity index (χ0v) is 12.1. The van der Waals surface area contributed by atoms with Gasteiger partial charge in [-0.1, -0.05) is 33.8 Å². The number of hydrogen-bond acceptors (Lipinski definition) is 2. The van der Waals surface area contributed by atoms with E-state index in [4.69, 9.17) is 0 Å². The number of halogens is 1. The average molecular weight is 252 g/mol. The highest BCUT2D eigenvalue weighted by Gasteiger charge is 2.24. The molecule has 0 radical (unpaired) electrons. The highest BCUT2D eigenvalue weighted by atomic mass is 19.1. The van der Waals surface area contributed by atoms with Crippen LogP contribution in [0.5, 0.6) is 0 Å². The molecular weight excluding hydrogens is 227 g/mol. The summed E-state index contributed by atoms with van der Waals surface area (Å²) < 4.78 is 13.2. The largest absolute Gasteiger partial charge is 0.373 e. The van der Waals surface area contributed by atoms with E-state index in [0.717, 1.165) is 18.8 Å². The number of benzene rings is 1. The van der Waals surface area contributed by atoms with Crippen LogP contribution in [0.25, 0.3) is 0 Å². The molecule has 3 heteroatoms. The summed E-state index contributed by atoms with van der Waals surface area (Å²) in [5.41, 5.74) is 1.10. The smallest absolute Gasteiger partial charge is 0.125 e. The monoisotopic (exact) mass is 252 g/mol. The Hall–Kier alpha value is -1.09. The molecule has 1 rings (SSSR count). The van der Waals surface area contributed by atoms with Gasteiger partial charge in [0.2, 0.25) is 0 Å². The molecule has 1 atom stereocenters. The maximum atomic E-state index is 13.2. The zero-order valence-electron chi connectivity index (χ0n) is 12.1. The molecule has 0 aliphatic rings. The lowest BCUT2D eigenvalue weighted by Crippen LogP contribution is -2.47. The first-order chi connectivity index (χ1) is 8.34. The number of rotatable bonds is 5. The van der Waals surface area contributed by atoms with Gasteiger partial charge in [-0.15, -0.1) is 0 Å². The zero-order chi connectivity index (χ0) is 13.8. The van der Waals surface area contributed by atoms with E-state index >= 15 is 0 Å². The van der Waals surface area contributed by atoms with E-state index in [2.05, 4.69) is 37.9 Å². The van der Waals surface area contributed by atoms with Crippen molar-refractivity contribution in [2.24, 2.45) is 5.41 Å². The minimum atomic E-state index is -0.185. The highest BCUT2D eigenvalue weighted by Crippen LogP contribution is 2.22. The molecule has 1 aromatic rings. The Labute approximate surface area is 110 Å². The Morgan fingerprint density at radius 2 is 2.00 bits per heavy atom. The van der Waals surface area contributed by atoms with Gasteiger partial charge in [0.05, 0.1) is 0 Å². The molecule has 0 aliphatic carbocycles. The molecule has 0 saturated carbocycles. The van der Waals surface area contributed by atoms with E-state index in [0.29, 0.717) is 6.04 Å². The number of anilines is 1. The van der Waals surface area contributed by atoms with Crippen LogP contribution in [0, 0.1) is 11.2 Å². The van der Waals surface area contributed by atoms with Crippen LogP contribution in [0.1, 0.15) is 27.7 Å². The van der Waals surface area contributed by atoms with Crippen LogP contribution in [-0.4, -0.2) is 26.2 Å². The fourth-order valence-corrected chi connectivity index (χ4v) is 1.98. The molecule has 0 bridgehead atoms. The van der Waals surface area contributed by atoms with Gasteiger partial charge in [0.15, 0.2) is 0 Å². The summed E-state index contributed by atoms with van der Waals surface area (Å²) >= 11 is 0. The standard InChI is InChI=1S/C15H25FN2/c1-6-17-14(15(2,3)4)11-18(5)13-9-7-8-12(16)10-13/h7-10,14,17H,6,11H2,1-5H3. The average Bonchev–Trinajstić information content (AvgIpc) is 2.27. The minimum Gasteiger partial charge on any atom is -0.373 e. The van der Waals surface area contributed by atoms with E-state index in [-0.39, 0.29) is 11.2 Å². The molecule has 0 heterocycles. The van der Waals surface area contributed by atoms with Crippen LogP contribution in [0.15, 0.2) is 24.3 Å². The second-order valence-electron chi connectivity index (χ2n) is 5.84. The van der Waals surface area contributed by atoms with Crippen molar-refractivity contribution in [2.45, 2.75) is 33.7 Å². The van der Waals surface area contributed by atoms with Gasteiger partial charge < -0.3 is 10.2 Å². The number of hydrogen-bond donors (Lipinski definition) is 1. The van der Waals surface area contributed by atoms with Crippen LogP contribution in [0.2, 0.25) is 0 Å². The SMILES string of the molecule is CCNC(CN(C)c1cccc(F)c1)C(C)(C)C. The predicted octanol–water partition coefficient (Wildman–Crippen LogP) is 3.29. The molecule has 102 valence electrons. The quantitative estimate of drug-likeness (QED) is 0.865. The summed E-state index contributed by atoms with van der Waals surface area (Å²) in [6.45, 7) is 10.6. The molecule has 0 spiro atoms. The van der Waals surface area contributed by atoms with E-state index in [1.165, 1.54) is 6.07 Å². The molecule has 1 N–H and O–H groups in total. The Morgan fingerprint density at radius 3 is 2.50 bits per heavy atom. The lowest BCUT2D eigenvalue weighted by molar-refractivity contribution is 0.275. The first-order valence-corrected chi connectivity index (χ1v) is 6.54. The van der Waals surface area contributed by atoms with Crippen LogP contribution < -0.4 is 10.2 Å². The third-order valence-corrected chi connectivity index (χ3v) is 3.20. The molecule has 1 aromatic carbocycles. The van der Waals surface area contributed by atoms with Gasteiger partial charge >= 0.3 is 0 Å². The van der Waals surface area contributed by atoms with E-state index in [1.807, 2.05) is 13.1 Å². The molecule has 0 saturated heterocycles. The third-order valence-electron chi connectivity index (χ3n) is 3.20. The molecule has 18 heavy (non-hydrogen) atoms.